The van der Waals surface area contributed by atoms with Gasteiger partial charge in [0.1, 0.15) is 5.00 Å². The molecule has 4 heteroatoms. The Kier molecular flexibility index (Phi) is 9.59. The smallest absolute Gasteiger partial charge is 0.330 e. The summed E-state index contributed by atoms with van der Waals surface area (Å²) in [5.74, 6) is 0.421. The molecule has 1 unspecified atom stereocenters. The van der Waals surface area contributed by atoms with Gasteiger partial charge < -0.3 is 9.71 Å². The Morgan fingerprint density at radius 2 is 1.41 bits per heavy atom. The molecule has 63 heavy (non-hydrogen) atoms. The Morgan fingerprint density at radius 1 is 0.683 bits per heavy atom. The van der Waals surface area contributed by atoms with Crippen LogP contribution >= 0.6 is 11.3 Å². The highest BCUT2D eigenvalue weighted by molar-refractivity contribution is 7.25. The molecule has 0 fully saturated rings. The van der Waals surface area contributed by atoms with Gasteiger partial charge in [0.25, 0.3) is 0 Å². The molecule has 0 spiro atoms. The second-order valence-corrected chi connectivity index (χ2v) is 21.2. The van der Waals surface area contributed by atoms with Crippen LogP contribution < -0.4 is 20.6 Å². The van der Waals surface area contributed by atoms with Crippen LogP contribution in [0.15, 0.2) is 133 Å². The van der Waals surface area contributed by atoms with Crippen molar-refractivity contribution >= 4 is 77.7 Å². The Balaban J connectivity index is 1.33. The Bertz CT molecular complexity index is 3100. The van der Waals surface area contributed by atoms with Crippen LogP contribution in [0.3, 0.4) is 0 Å². The van der Waals surface area contributed by atoms with E-state index in [-0.39, 0.29) is 17.7 Å². The lowest BCUT2D eigenvalue weighted by Crippen LogP contribution is -2.60. The summed E-state index contributed by atoms with van der Waals surface area (Å²) in [7, 11) is 0. The molecule has 1 aliphatic carbocycles. The molecule has 2 aliphatic heterocycles. The third-order valence-electron chi connectivity index (χ3n) is 15.3. The molecule has 0 bridgehead atoms. The number of hydrogen-bond donors (Lipinski definition) is 0. The monoisotopic (exact) mass is 838 g/mol. The maximum absolute atomic E-state index is 2.83. The van der Waals surface area contributed by atoms with E-state index in [2.05, 4.69) is 199 Å². The topological polar surface area (TPSA) is 6.48 Å². The van der Waals surface area contributed by atoms with Gasteiger partial charge in [-0.1, -0.05) is 164 Å². The first-order valence-electron chi connectivity index (χ1n) is 23.6. The second kappa shape index (κ2) is 15.0. The molecule has 0 saturated carbocycles. The van der Waals surface area contributed by atoms with E-state index in [0.717, 1.165) is 12.8 Å². The first-order chi connectivity index (χ1) is 30.5. The van der Waals surface area contributed by atoms with E-state index in [1.807, 2.05) is 11.3 Å². The number of rotatable bonds is 8. The fourth-order valence-corrected chi connectivity index (χ4v) is 12.8. The summed E-state index contributed by atoms with van der Waals surface area (Å²) in [5.41, 5.74) is 20.6. The molecule has 8 aromatic rings. The standard InChI is InChI=1S/C59H59BN2S/c1-9-11-21-39-29-30-50(45(33-39)40-22-13-12-14-23-40)61-51-34-41-24-15-16-26-43(41)53-44-27-19-20-38(4)54(44)60(49-28-18-17-25-42(49)37(3)10-2)62(56(51)53)57-55(61)46-35-47-48(36-52(46)63-57)59(7,8)32-31-58(47,5)6/h12-20,22-30,33-37H,9-11,21,31-32H2,1-8H3. The molecule has 11 rings (SSSR count). The fourth-order valence-electron chi connectivity index (χ4n) is 11.5. The first kappa shape index (κ1) is 40.2. The largest absolute Gasteiger partial charge is 0.365 e. The van der Waals surface area contributed by atoms with Crippen LogP contribution in [-0.2, 0) is 17.3 Å². The molecular formula is C59H59BN2S. The summed E-state index contributed by atoms with van der Waals surface area (Å²) < 4.78 is 1.37. The van der Waals surface area contributed by atoms with Crippen LogP contribution in [0.5, 0.6) is 0 Å². The van der Waals surface area contributed by atoms with Crippen molar-refractivity contribution in [1.82, 2.24) is 0 Å². The summed E-state index contributed by atoms with van der Waals surface area (Å²) in [4.78, 5) is 5.55. The van der Waals surface area contributed by atoms with Crippen LogP contribution in [0, 0.1) is 6.92 Å². The van der Waals surface area contributed by atoms with E-state index in [1.165, 1.54) is 135 Å². The molecule has 314 valence electrons. The summed E-state index contributed by atoms with van der Waals surface area (Å²) in [5, 5.41) is 5.27. The van der Waals surface area contributed by atoms with Gasteiger partial charge in [0.15, 0.2) is 0 Å². The van der Waals surface area contributed by atoms with Gasteiger partial charge in [-0.25, -0.2) is 0 Å². The third-order valence-corrected chi connectivity index (χ3v) is 16.4. The van der Waals surface area contributed by atoms with Crippen LogP contribution in [-0.4, -0.2) is 6.85 Å². The fraction of sp³-hybridized carbons (Fsp3) is 0.288. The normalized spacial score (nSPS) is 16.2. The molecule has 0 amide bonds. The van der Waals surface area contributed by atoms with Gasteiger partial charge >= 0.3 is 6.85 Å². The Hall–Kier alpha value is -5.58. The van der Waals surface area contributed by atoms with Gasteiger partial charge in [-0.2, -0.15) is 0 Å². The van der Waals surface area contributed by atoms with Crippen molar-refractivity contribution in [3.8, 4) is 22.3 Å². The predicted molar refractivity (Wildman–Crippen MR) is 276 cm³/mol. The molecule has 0 saturated heterocycles. The first-order valence-corrected chi connectivity index (χ1v) is 24.5. The number of hydrogen-bond acceptors (Lipinski definition) is 3. The number of nitrogens with zero attached hydrogens (tertiary/aromatic N) is 2. The zero-order valence-electron chi connectivity index (χ0n) is 38.4. The van der Waals surface area contributed by atoms with Crippen molar-refractivity contribution < 1.29 is 0 Å². The molecule has 3 aliphatic rings. The predicted octanol–water partition coefficient (Wildman–Crippen LogP) is 15.9. The SMILES string of the molecule is CCCCc1ccc(N2c3cc4ccccc4c4c3N(B(c3ccccc3C(C)CC)c3c(C)cccc3-4)c3sc4cc5c(cc4c32)C(C)(C)CCC5(C)C)c(-c2ccccc2)c1. The van der Waals surface area contributed by atoms with E-state index in [0.29, 0.717) is 5.92 Å². The average molecular weight is 839 g/mol. The van der Waals surface area contributed by atoms with Crippen LogP contribution in [0.25, 0.3) is 43.1 Å². The van der Waals surface area contributed by atoms with Crippen molar-refractivity contribution in [1.29, 1.82) is 0 Å². The molecule has 1 aromatic heterocycles. The molecular weight excluding hydrogens is 780 g/mol. The van der Waals surface area contributed by atoms with E-state index >= 15 is 0 Å². The van der Waals surface area contributed by atoms with Crippen LogP contribution in [0.4, 0.5) is 27.8 Å². The zero-order chi connectivity index (χ0) is 43.4. The number of aryl methyl sites for hydroxylation is 2. The molecule has 1 atom stereocenters. The average Bonchev–Trinajstić information content (AvgIpc) is 3.68. The van der Waals surface area contributed by atoms with Gasteiger partial charge in [0.05, 0.1) is 22.7 Å². The van der Waals surface area contributed by atoms with Crippen LogP contribution in [0.2, 0.25) is 0 Å². The minimum absolute atomic E-state index is 0.0136. The van der Waals surface area contributed by atoms with Crippen molar-refractivity contribution in [2.75, 3.05) is 9.71 Å². The lowest BCUT2D eigenvalue weighted by molar-refractivity contribution is 0.332. The van der Waals surface area contributed by atoms with Gasteiger partial charge in [0, 0.05) is 21.2 Å². The summed E-state index contributed by atoms with van der Waals surface area (Å²) in [6.45, 7) is 19.3. The molecule has 2 nitrogen and oxygen atoms in total. The highest BCUT2D eigenvalue weighted by atomic mass is 32.1. The minimum Gasteiger partial charge on any atom is -0.365 e. The highest BCUT2D eigenvalue weighted by Gasteiger charge is 2.48. The van der Waals surface area contributed by atoms with Crippen molar-refractivity contribution in [2.24, 2.45) is 0 Å². The molecule has 0 radical (unpaired) electrons. The minimum atomic E-state index is -0.0136. The number of thiophene rings is 1. The lowest BCUT2D eigenvalue weighted by Gasteiger charge is -2.47. The van der Waals surface area contributed by atoms with Gasteiger partial charge in [-0.15, -0.1) is 11.3 Å². The van der Waals surface area contributed by atoms with Crippen molar-refractivity contribution in [3.63, 3.8) is 0 Å². The molecule has 3 heterocycles. The maximum atomic E-state index is 2.83. The van der Waals surface area contributed by atoms with E-state index < -0.39 is 0 Å². The number of fused-ring (bicyclic) bond motifs is 9. The highest BCUT2D eigenvalue weighted by Crippen LogP contribution is 2.64. The van der Waals surface area contributed by atoms with Gasteiger partial charge in [-0.05, 0) is 141 Å². The maximum Gasteiger partial charge on any atom is 0.330 e. The quantitative estimate of drug-likeness (QED) is 0.141. The van der Waals surface area contributed by atoms with E-state index in [4.69, 9.17) is 0 Å². The van der Waals surface area contributed by atoms with Gasteiger partial charge in [-0.3, -0.25) is 0 Å². The number of anilines is 5. The Morgan fingerprint density at radius 3 is 2.19 bits per heavy atom. The van der Waals surface area contributed by atoms with Crippen molar-refractivity contribution in [3.05, 3.63) is 161 Å². The second-order valence-electron chi connectivity index (χ2n) is 20.2. The Labute approximate surface area is 379 Å². The molecule has 7 aromatic carbocycles. The van der Waals surface area contributed by atoms with Crippen LogP contribution in [0.1, 0.15) is 114 Å². The van der Waals surface area contributed by atoms with E-state index in [9.17, 15) is 0 Å². The molecule has 0 N–H and O–H groups in total. The van der Waals surface area contributed by atoms with E-state index in [1.54, 1.807) is 0 Å². The van der Waals surface area contributed by atoms with Crippen molar-refractivity contribution in [2.45, 2.75) is 111 Å². The zero-order valence-corrected chi connectivity index (χ0v) is 39.2. The lowest BCUT2D eigenvalue weighted by atomic mass is 9.43. The van der Waals surface area contributed by atoms with Gasteiger partial charge in [0.2, 0.25) is 0 Å². The third kappa shape index (κ3) is 6.18. The summed E-state index contributed by atoms with van der Waals surface area (Å²) in [6.07, 6.45) is 6.90. The summed E-state index contributed by atoms with van der Waals surface area (Å²) >= 11 is 2.02. The number of unbranched alkanes of at least 4 members (excludes halogenated alkanes) is 1. The summed E-state index contributed by atoms with van der Waals surface area (Å²) in [6, 6.07) is 51.9. The number of benzene rings is 7.